The zero-order valence-corrected chi connectivity index (χ0v) is 15.4. The molecule has 24 heavy (non-hydrogen) atoms. The SMILES string of the molecule is COc1ccc(N([C@@H](C)C(=O)N2CCN(C)CC2)S(C)(=O)=O)cc1. The normalized spacial score (nSPS) is 17.4. The van der Waals surface area contributed by atoms with Gasteiger partial charge in [-0.05, 0) is 38.2 Å². The second kappa shape index (κ2) is 7.40. The molecule has 1 fully saturated rings. The molecule has 0 N–H and O–H groups in total. The predicted octanol–water partition coefficient (Wildman–Crippen LogP) is 0.624. The smallest absolute Gasteiger partial charge is 0.246 e. The Balaban J connectivity index is 2.25. The third-order valence-electron chi connectivity index (χ3n) is 4.21. The largest absolute Gasteiger partial charge is 0.497 e. The van der Waals surface area contributed by atoms with E-state index in [-0.39, 0.29) is 5.91 Å². The zero-order chi connectivity index (χ0) is 17.9. The first kappa shape index (κ1) is 18.5. The van der Waals surface area contributed by atoms with Crippen LogP contribution in [-0.2, 0) is 14.8 Å². The lowest BCUT2D eigenvalue weighted by Gasteiger charge is -2.36. The number of nitrogens with zero attached hydrogens (tertiary/aromatic N) is 3. The minimum atomic E-state index is -3.60. The molecule has 0 spiro atoms. The maximum atomic E-state index is 12.8. The average Bonchev–Trinajstić information content (AvgIpc) is 2.54. The molecule has 0 aliphatic carbocycles. The van der Waals surface area contributed by atoms with E-state index >= 15 is 0 Å². The van der Waals surface area contributed by atoms with Crippen LogP contribution in [0.4, 0.5) is 5.69 Å². The molecule has 134 valence electrons. The first-order valence-electron chi connectivity index (χ1n) is 7.85. The first-order chi connectivity index (χ1) is 11.2. The van der Waals surface area contributed by atoms with E-state index in [0.29, 0.717) is 24.5 Å². The van der Waals surface area contributed by atoms with E-state index in [1.807, 2.05) is 7.05 Å². The van der Waals surface area contributed by atoms with Crippen LogP contribution in [0.5, 0.6) is 5.75 Å². The summed E-state index contributed by atoms with van der Waals surface area (Å²) in [7, 11) is -0.0468. The van der Waals surface area contributed by atoms with Crippen molar-refractivity contribution in [2.24, 2.45) is 0 Å². The first-order valence-corrected chi connectivity index (χ1v) is 9.69. The number of methoxy groups -OCH3 is 1. The van der Waals surface area contributed by atoms with E-state index in [2.05, 4.69) is 4.90 Å². The molecule has 1 aliphatic heterocycles. The summed E-state index contributed by atoms with van der Waals surface area (Å²) < 4.78 is 30.8. The maximum absolute atomic E-state index is 12.8. The highest BCUT2D eigenvalue weighted by Crippen LogP contribution is 2.24. The Kier molecular flexibility index (Phi) is 5.71. The Morgan fingerprint density at radius 2 is 1.71 bits per heavy atom. The number of anilines is 1. The number of benzene rings is 1. The van der Waals surface area contributed by atoms with Crippen molar-refractivity contribution in [2.75, 3.05) is 50.9 Å². The highest BCUT2D eigenvalue weighted by Gasteiger charge is 2.32. The summed E-state index contributed by atoms with van der Waals surface area (Å²) >= 11 is 0. The second-order valence-corrected chi connectivity index (χ2v) is 7.92. The summed E-state index contributed by atoms with van der Waals surface area (Å²) in [5.74, 6) is 0.453. The van der Waals surface area contributed by atoms with Gasteiger partial charge in [0, 0.05) is 26.2 Å². The van der Waals surface area contributed by atoms with Crippen molar-refractivity contribution >= 4 is 21.6 Å². The van der Waals surface area contributed by atoms with Gasteiger partial charge in [0.25, 0.3) is 0 Å². The third kappa shape index (κ3) is 4.18. The van der Waals surface area contributed by atoms with Crippen LogP contribution in [0.2, 0.25) is 0 Å². The van der Waals surface area contributed by atoms with E-state index in [9.17, 15) is 13.2 Å². The molecule has 2 rings (SSSR count). The van der Waals surface area contributed by atoms with Crippen molar-refractivity contribution in [1.29, 1.82) is 0 Å². The molecule has 0 aromatic heterocycles. The van der Waals surface area contributed by atoms with Crippen molar-refractivity contribution in [3.63, 3.8) is 0 Å². The van der Waals surface area contributed by atoms with Gasteiger partial charge in [0.15, 0.2) is 0 Å². The monoisotopic (exact) mass is 355 g/mol. The van der Waals surface area contributed by atoms with Crippen LogP contribution >= 0.6 is 0 Å². The van der Waals surface area contributed by atoms with Crippen LogP contribution in [0.3, 0.4) is 0 Å². The fourth-order valence-corrected chi connectivity index (χ4v) is 3.99. The van der Waals surface area contributed by atoms with Crippen LogP contribution < -0.4 is 9.04 Å². The highest BCUT2D eigenvalue weighted by atomic mass is 32.2. The van der Waals surface area contributed by atoms with E-state index in [1.165, 1.54) is 4.31 Å². The van der Waals surface area contributed by atoms with Gasteiger partial charge < -0.3 is 14.5 Å². The van der Waals surface area contributed by atoms with Crippen molar-refractivity contribution in [2.45, 2.75) is 13.0 Å². The quantitative estimate of drug-likeness (QED) is 0.775. The molecule has 1 amide bonds. The number of likely N-dealkylation sites (N-methyl/N-ethyl adjacent to an activating group) is 1. The van der Waals surface area contributed by atoms with Gasteiger partial charge in [0.2, 0.25) is 15.9 Å². The number of carbonyl (C=O) groups excluding carboxylic acids is 1. The molecule has 1 aliphatic rings. The predicted molar refractivity (Wildman–Crippen MR) is 93.9 cm³/mol. The van der Waals surface area contributed by atoms with Crippen LogP contribution in [0.25, 0.3) is 0 Å². The lowest BCUT2D eigenvalue weighted by molar-refractivity contribution is -0.133. The number of sulfonamides is 1. The molecule has 8 heteroatoms. The second-order valence-electron chi connectivity index (χ2n) is 6.06. The molecular weight excluding hydrogens is 330 g/mol. The summed E-state index contributed by atoms with van der Waals surface area (Å²) in [6.45, 7) is 4.44. The fourth-order valence-electron chi connectivity index (χ4n) is 2.82. The Morgan fingerprint density at radius 1 is 1.17 bits per heavy atom. The van der Waals surface area contributed by atoms with Gasteiger partial charge >= 0.3 is 0 Å². The van der Waals surface area contributed by atoms with Gasteiger partial charge in [-0.2, -0.15) is 0 Å². The number of piperazine rings is 1. The zero-order valence-electron chi connectivity index (χ0n) is 14.6. The van der Waals surface area contributed by atoms with Crippen molar-refractivity contribution in [3.05, 3.63) is 24.3 Å². The van der Waals surface area contributed by atoms with Crippen LogP contribution in [0.15, 0.2) is 24.3 Å². The van der Waals surface area contributed by atoms with Crippen LogP contribution in [0.1, 0.15) is 6.92 Å². The van der Waals surface area contributed by atoms with E-state index in [4.69, 9.17) is 4.74 Å². The Labute approximate surface area is 143 Å². The van der Waals surface area contributed by atoms with Crippen molar-refractivity contribution < 1.29 is 17.9 Å². The molecule has 0 saturated carbocycles. The van der Waals surface area contributed by atoms with E-state index < -0.39 is 16.1 Å². The molecule has 0 bridgehead atoms. The summed E-state index contributed by atoms with van der Waals surface area (Å²) in [4.78, 5) is 16.6. The minimum absolute atomic E-state index is 0.177. The summed E-state index contributed by atoms with van der Waals surface area (Å²) in [5, 5.41) is 0. The van der Waals surface area contributed by atoms with Crippen LogP contribution in [0, 0.1) is 0 Å². The Morgan fingerprint density at radius 3 is 2.17 bits per heavy atom. The molecule has 1 aromatic carbocycles. The molecular formula is C16H25N3O4S. The topological polar surface area (TPSA) is 70.2 Å². The number of carbonyl (C=O) groups is 1. The molecule has 0 radical (unpaired) electrons. The Hall–Kier alpha value is -1.80. The third-order valence-corrected chi connectivity index (χ3v) is 5.45. The number of hydrogen-bond donors (Lipinski definition) is 0. The van der Waals surface area contributed by atoms with Gasteiger partial charge in [0.05, 0.1) is 19.1 Å². The fraction of sp³-hybridized carbons (Fsp3) is 0.562. The summed E-state index contributed by atoms with van der Waals surface area (Å²) in [5.41, 5.74) is 0.452. The minimum Gasteiger partial charge on any atom is -0.497 e. The van der Waals surface area contributed by atoms with Gasteiger partial charge in [-0.3, -0.25) is 9.10 Å². The molecule has 1 atom stereocenters. The lowest BCUT2D eigenvalue weighted by Crippen LogP contribution is -2.54. The summed E-state index contributed by atoms with van der Waals surface area (Å²) in [6.07, 6.45) is 1.12. The lowest BCUT2D eigenvalue weighted by atomic mass is 10.2. The molecule has 7 nitrogen and oxygen atoms in total. The number of ether oxygens (including phenoxy) is 1. The van der Waals surface area contributed by atoms with E-state index in [1.54, 1.807) is 43.2 Å². The van der Waals surface area contributed by atoms with Gasteiger partial charge in [-0.25, -0.2) is 8.42 Å². The number of rotatable bonds is 5. The van der Waals surface area contributed by atoms with Gasteiger partial charge in [-0.1, -0.05) is 0 Å². The maximum Gasteiger partial charge on any atom is 0.246 e. The average molecular weight is 355 g/mol. The molecule has 1 saturated heterocycles. The van der Waals surface area contributed by atoms with Crippen molar-refractivity contribution in [3.8, 4) is 5.75 Å². The molecule has 1 heterocycles. The van der Waals surface area contributed by atoms with Gasteiger partial charge in [-0.15, -0.1) is 0 Å². The van der Waals surface area contributed by atoms with E-state index in [0.717, 1.165) is 19.3 Å². The van der Waals surface area contributed by atoms with Gasteiger partial charge in [0.1, 0.15) is 11.8 Å². The number of amides is 1. The van der Waals surface area contributed by atoms with Crippen molar-refractivity contribution in [1.82, 2.24) is 9.80 Å². The number of hydrogen-bond acceptors (Lipinski definition) is 5. The molecule has 0 unspecified atom stereocenters. The Bertz CT molecular complexity index is 667. The molecule has 1 aromatic rings. The summed E-state index contributed by atoms with van der Waals surface area (Å²) in [6, 6.07) is 5.86. The standard InChI is InChI=1S/C16H25N3O4S/c1-13(16(20)18-11-9-17(2)10-12-18)19(24(4,21)22)14-5-7-15(23-3)8-6-14/h5-8,13H,9-12H2,1-4H3/t13-/m0/s1. The van der Waals surface area contributed by atoms with Crippen LogP contribution in [-0.4, -0.2) is 76.8 Å². The highest BCUT2D eigenvalue weighted by molar-refractivity contribution is 7.92.